The summed E-state index contributed by atoms with van der Waals surface area (Å²) in [5.74, 6) is -0.853. The molecule has 0 aromatic heterocycles. The largest absolute Gasteiger partial charge is 0.481 e. The molecular weight excluding hydrogens is 314 g/mol. The van der Waals surface area contributed by atoms with Gasteiger partial charge in [-0.15, -0.1) is 11.8 Å². The van der Waals surface area contributed by atoms with Crippen molar-refractivity contribution in [3.05, 3.63) is 29.8 Å². The number of aryl methyl sites for hydroxylation is 1. The third-order valence-corrected chi connectivity index (χ3v) is 4.73. The molecule has 1 aliphatic rings. The summed E-state index contributed by atoms with van der Waals surface area (Å²) in [5, 5.41) is 9.21. The van der Waals surface area contributed by atoms with Gasteiger partial charge in [0, 0.05) is 18.0 Å². The molecule has 23 heavy (non-hydrogen) atoms. The van der Waals surface area contributed by atoms with Gasteiger partial charge in [-0.25, -0.2) is 4.79 Å². The first-order valence-electron chi connectivity index (χ1n) is 7.54. The fraction of sp³-hybridized carbons (Fsp3) is 0.529. The van der Waals surface area contributed by atoms with E-state index in [1.807, 2.05) is 52.0 Å². The summed E-state index contributed by atoms with van der Waals surface area (Å²) in [5.41, 5.74) is 0.579. The fourth-order valence-corrected chi connectivity index (χ4v) is 4.05. The zero-order valence-corrected chi connectivity index (χ0v) is 14.8. The van der Waals surface area contributed by atoms with E-state index in [2.05, 4.69) is 0 Å². The highest BCUT2D eigenvalue weighted by Crippen LogP contribution is 2.43. The van der Waals surface area contributed by atoms with E-state index in [4.69, 9.17) is 4.74 Å². The molecule has 6 heteroatoms. The summed E-state index contributed by atoms with van der Waals surface area (Å²) >= 11 is 1.53. The van der Waals surface area contributed by atoms with Gasteiger partial charge in [0.1, 0.15) is 5.60 Å². The van der Waals surface area contributed by atoms with Crippen LogP contribution >= 0.6 is 11.8 Å². The minimum absolute atomic E-state index is 0.0188. The number of ether oxygens (including phenoxy) is 1. The van der Waals surface area contributed by atoms with Gasteiger partial charge < -0.3 is 14.7 Å². The molecule has 1 aliphatic heterocycles. The Morgan fingerprint density at radius 1 is 1.35 bits per heavy atom. The Morgan fingerprint density at radius 2 is 2.00 bits per heavy atom. The highest BCUT2D eigenvalue weighted by atomic mass is 32.2. The Hall–Kier alpha value is -1.69. The molecule has 0 radical (unpaired) electrons. The van der Waals surface area contributed by atoms with E-state index in [0.717, 1.165) is 10.5 Å². The van der Waals surface area contributed by atoms with E-state index in [9.17, 15) is 14.7 Å². The fourth-order valence-electron chi connectivity index (χ4n) is 2.52. The second kappa shape index (κ2) is 6.43. The number of thioether (sulfide) groups is 1. The number of amides is 1. The zero-order valence-electron chi connectivity index (χ0n) is 14.0. The Labute approximate surface area is 141 Å². The SMILES string of the molecule is Cc1cccc(SC2(CC(=O)O)CN(C(=O)OC(C)(C)C)C2)c1. The zero-order chi connectivity index (χ0) is 17.3. The second-order valence-corrected chi connectivity index (χ2v) is 8.55. The van der Waals surface area contributed by atoms with Crippen LogP contribution in [0.3, 0.4) is 0 Å². The molecule has 0 unspecified atom stereocenters. The maximum absolute atomic E-state index is 12.1. The molecule has 1 aromatic rings. The lowest BCUT2D eigenvalue weighted by atomic mass is 9.95. The van der Waals surface area contributed by atoms with Gasteiger partial charge in [-0.3, -0.25) is 4.79 Å². The highest BCUT2D eigenvalue weighted by Gasteiger charge is 2.48. The van der Waals surface area contributed by atoms with Crippen LogP contribution in [0.15, 0.2) is 29.2 Å². The highest BCUT2D eigenvalue weighted by molar-refractivity contribution is 8.00. The van der Waals surface area contributed by atoms with Crippen molar-refractivity contribution in [2.75, 3.05) is 13.1 Å². The van der Waals surface area contributed by atoms with Gasteiger partial charge >= 0.3 is 12.1 Å². The van der Waals surface area contributed by atoms with Crippen molar-refractivity contribution in [3.63, 3.8) is 0 Å². The van der Waals surface area contributed by atoms with Gasteiger partial charge in [0.05, 0.1) is 11.2 Å². The Balaban J connectivity index is 2.06. The van der Waals surface area contributed by atoms with Gasteiger partial charge in [-0.1, -0.05) is 17.7 Å². The van der Waals surface area contributed by atoms with Crippen molar-refractivity contribution in [3.8, 4) is 0 Å². The number of nitrogens with zero attached hydrogens (tertiary/aromatic N) is 1. The number of carbonyl (C=O) groups is 2. The summed E-state index contributed by atoms with van der Waals surface area (Å²) < 4.78 is 4.85. The molecule has 1 fully saturated rings. The van der Waals surface area contributed by atoms with Gasteiger partial charge in [-0.2, -0.15) is 0 Å². The Morgan fingerprint density at radius 3 is 2.52 bits per heavy atom. The third kappa shape index (κ3) is 4.89. The van der Waals surface area contributed by atoms with Crippen molar-refractivity contribution in [2.45, 2.75) is 49.4 Å². The number of hydrogen-bond donors (Lipinski definition) is 1. The third-order valence-electron chi connectivity index (χ3n) is 3.41. The Bertz CT molecular complexity index is 603. The molecule has 1 heterocycles. The number of likely N-dealkylation sites (tertiary alicyclic amines) is 1. The second-order valence-electron chi connectivity index (χ2n) is 7.01. The minimum atomic E-state index is -0.853. The molecule has 0 saturated carbocycles. The van der Waals surface area contributed by atoms with Gasteiger partial charge in [0.15, 0.2) is 0 Å². The van der Waals surface area contributed by atoms with Crippen molar-refractivity contribution in [1.29, 1.82) is 0 Å². The number of carbonyl (C=O) groups excluding carboxylic acids is 1. The van der Waals surface area contributed by atoms with E-state index >= 15 is 0 Å². The molecule has 1 amide bonds. The molecule has 1 saturated heterocycles. The number of carboxylic acids is 1. The summed E-state index contributed by atoms with van der Waals surface area (Å²) in [4.78, 5) is 25.9. The predicted molar refractivity (Wildman–Crippen MR) is 89.8 cm³/mol. The molecule has 0 aliphatic carbocycles. The van der Waals surface area contributed by atoms with Gasteiger partial charge in [0.2, 0.25) is 0 Å². The lowest BCUT2D eigenvalue weighted by Gasteiger charge is -2.48. The summed E-state index contributed by atoms with van der Waals surface area (Å²) in [6.07, 6.45) is -0.367. The van der Waals surface area contributed by atoms with E-state index in [-0.39, 0.29) is 12.5 Å². The van der Waals surface area contributed by atoms with E-state index in [1.165, 1.54) is 11.8 Å². The lowest BCUT2D eigenvalue weighted by Crippen LogP contribution is -2.62. The molecule has 1 N–H and O–H groups in total. The van der Waals surface area contributed by atoms with Crippen LogP contribution in [0.25, 0.3) is 0 Å². The molecule has 2 rings (SSSR count). The lowest BCUT2D eigenvalue weighted by molar-refractivity contribution is -0.138. The molecule has 5 nitrogen and oxygen atoms in total. The summed E-state index contributed by atoms with van der Waals surface area (Å²) in [7, 11) is 0. The predicted octanol–water partition coefficient (Wildman–Crippen LogP) is 3.55. The molecule has 0 bridgehead atoms. The normalized spacial score (nSPS) is 16.6. The van der Waals surface area contributed by atoms with Crippen LogP contribution in [0.1, 0.15) is 32.8 Å². The van der Waals surface area contributed by atoms with Crippen molar-refractivity contribution < 1.29 is 19.4 Å². The number of carboxylic acid groups (broad SMARTS) is 1. The first-order valence-corrected chi connectivity index (χ1v) is 8.36. The number of aliphatic carboxylic acids is 1. The molecule has 0 spiro atoms. The first-order chi connectivity index (χ1) is 10.6. The van der Waals surface area contributed by atoms with Crippen LogP contribution < -0.4 is 0 Å². The van der Waals surface area contributed by atoms with Crippen LogP contribution in [-0.4, -0.2) is 45.5 Å². The van der Waals surface area contributed by atoms with Crippen LogP contribution in [0.5, 0.6) is 0 Å². The smallest absolute Gasteiger partial charge is 0.410 e. The average Bonchev–Trinajstić information content (AvgIpc) is 2.32. The summed E-state index contributed by atoms with van der Waals surface area (Å²) in [6, 6.07) is 7.96. The monoisotopic (exact) mass is 337 g/mol. The molecular formula is C17H23NO4S. The quantitative estimate of drug-likeness (QED) is 0.910. The topological polar surface area (TPSA) is 66.8 Å². The minimum Gasteiger partial charge on any atom is -0.481 e. The molecule has 126 valence electrons. The Kier molecular flexibility index (Phi) is 4.94. The van der Waals surface area contributed by atoms with Crippen LogP contribution in [0.2, 0.25) is 0 Å². The van der Waals surface area contributed by atoms with E-state index in [1.54, 1.807) is 4.90 Å². The van der Waals surface area contributed by atoms with Gasteiger partial charge in [0.25, 0.3) is 0 Å². The molecule has 1 aromatic carbocycles. The van der Waals surface area contributed by atoms with Crippen LogP contribution in [0.4, 0.5) is 4.79 Å². The number of hydrogen-bond acceptors (Lipinski definition) is 4. The number of rotatable bonds is 4. The van der Waals surface area contributed by atoms with Crippen molar-refractivity contribution in [2.24, 2.45) is 0 Å². The number of benzene rings is 1. The maximum atomic E-state index is 12.1. The van der Waals surface area contributed by atoms with Crippen molar-refractivity contribution >= 4 is 23.8 Å². The average molecular weight is 337 g/mol. The summed E-state index contributed by atoms with van der Waals surface area (Å²) in [6.45, 7) is 8.21. The maximum Gasteiger partial charge on any atom is 0.410 e. The van der Waals surface area contributed by atoms with Gasteiger partial charge in [-0.05, 0) is 39.8 Å². The van der Waals surface area contributed by atoms with Crippen molar-refractivity contribution in [1.82, 2.24) is 4.90 Å². The van der Waals surface area contributed by atoms with Crippen LogP contribution in [0, 0.1) is 6.92 Å². The molecule has 0 atom stereocenters. The van der Waals surface area contributed by atoms with E-state index < -0.39 is 16.3 Å². The van der Waals surface area contributed by atoms with E-state index in [0.29, 0.717) is 13.1 Å². The first kappa shape index (κ1) is 17.7. The van der Waals surface area contributed by atoms with Crippen LogP contribution in [-0.2, 0) is 9.53 Å². The standard InChI is InChI=1S/C17H23NO4S/c1-12-6-5-7-13(8-12)23-17(9-14(19)20)10-18(11-17)15(21)22-16(2,3)4/h5-8H,9-11H2,1-4H3,(H,19,20).